The average Bonchev–Trinajstić information content (AvgIpc) is 3.10. The van der Waals surface area contributed by atoms with E-state index in [-0.39, 0.29) is 16.4 Å². The van der Waals surface area contributed by atoms with E-state index < -0.39 is 23.8 Å². The van der Waals surface area contributed by atoms with Crippen LogP contribution in [-0.4, -0.2) is 30.8 Å². The molecular weight excluding hydrogens is 473 g/mol. The van der Waals surface area contributed by atoms with E-state index in [1.807, 2.05) is 0 Å². The number of benzene rings is 2. The van der Waals surface area contributed by atoms with Crippen molar-refractivity contribution >= 4 is 40.0 Å². The second kappa shape index (κ2) is 8.58. The number of carbonyl (C=O) groups excluding carboxylic acids is 1. The molecule has 0 unspecified atom stereocenters. The zero-order chi connectivity index (χ0) is 24.8. The molecule has 2 heterocycles. The monoisotopic (exact) mass is 490 g/mol. The minimum absolute atomic E-state index is 0.248. The first-order chi connectivity index (χ1) is 16.0. The van der Waals surface area contributed by atoms with Gasteiger partial charge in [-0.15, -0.1) is 0 Å². The second-order valence-corrected chi connectivity index (χ2v) is 8.05. The topological polar surface area (TPSA) is 119 Å². The first-order valence-electron chi connectivity index (χ1n) is 9.89. The van der Waals surface area contributed by atoms with E-state index in [9.17, 15) is 23.1 Å². The quantitative estimate of drug-likeness (QED) is 0.391. The lowest BCUT2D eigenvalue weighted by Gasteiger charge is -2.16. The highest BCUT2D eigenvalue weighted by atomic mass is 35.5. The van der Waals surface area contributed by atoms with E-state index in [1.54, 1.807) is 36.7 Å². The molecule has 0 bridgehead atoms. The highest BCUT2D eigenvalue weighted by Gasteiger charge is 2.32. The van der Waals surface area contributed by atoms with Crippen molar-refractivity contribution in [3.8, 4) is 5.69 Å². The zero-order valence-corrected chi connectivity index (χ0v) is 18.6. The van der Waals surface area contributed by atoms with Crippen LogP contribution in [0.3, 0.4) is 0 Å². The standard InChI is InChI=1S/C22H18ClF3N6O2/c1-10-5-15(3-4-16(10)32-18-17(11(2)31-32)28-9-29-20(18)27)30-21(34)19(33)12-6-13(22(24,25)26)8-14(23)7-12/h3-9,19,33H,1-2H3,(H,30,34)(H2,27,28,29)/t19-/m1/s1. The number of carbonyl (C=O) groups is 1. The van der Waals surface area contributed by atoms with Gasteiger partial charge < -0.3 is 16.2 Å². The van der Waals surface area contributed by atoms with Crippen LogP contribution in [0.25, 0.3) is 16.7 Å². The minimum Gasteiger partial charge on any atom is -0.382 e. The lowest BCUT2D eigenvalue weighted by Crippen LogP contribution is -2.21. The smallest absolute Gasteiger partial charge is 0.382 e. The Labute approximate surface area is 196 Å². The molecule has 1 amide bonds. The Morgan fingerprint density at radius 3 is 2.59 bits per heavy atom. The highest BCUT2D eigenvalue weighted by molar-refractivity contribution is 6.30. The predicted molar refractivity (Wildman–Crippen MR) is 121 cm³/mol. The van der Waals surface area contributed by atoms with E-state index >= 15 is 0 Å². The maximum atomic E-state index is 13.0. The Balaban J connectivity index is 1.61. The Hall–Kier alpha value is -3.70. The first kappa shape index (κ1) is 23.5. The van der Waals surface area contributed by atoms with Gasteiger partial charge in [-0.1, -0.05) is 11.6 Å². The third kappa shape index (κ3) is 4.39. The summed E-state index contributed by atoms with van der Waals surface area (Å²) >= 11 is 5.75. The number of nitrogens with two attached hydrogens (primary N) is 1. The highest BCUT2D eigenvalue weighted by Crippen LogP contribution is 2.34. The number of nitrogen functional groups attached to an aromatic ring is 1. The molecule has 4 aromatic rings. The zero-order valence-electron chi connectivity index (χ0n) is 17.9. The van der Waals surface area contributed by atoms with Crippen molar-refractivity contribution in [2.45, 2.75) is 26.1 Å². The molecule has 12 heteroatoms. The number of aryl methyl sites for hydroxylation is 2. The number of alkyl halides is 3. The molecule has 0 aliphatic rings. The Morgan fingerprint density at radius 2 is 1.91 bits per heavy atom. The number of rotatable bonds is 4. The Morgan fingerprint density at radius 1 is 1.18 bits per heavy atom. The van der Waals surface area contributed by atoms with Gasteiger partial charge in [0, 0.05) is 10.7 Å². The van der Waals surface area contributed by atoms with Crippen molar-refractivity contribution in [1.29, 1.82) is 0 Å². The fourth-order valence-corrected chi connectivity index (χ4v) is 3.80. The summed E-state index contributed by atoms with van der Waals surface area (Å²) in [6.45, 7) is 3.56. The molecule has 1 atom stereocenters. The van der Waals surface area contributed by atoms with Gasteiger partial charge in [-0.3, -0.25) is 4.79 Å². The number of halogens is 4. The maximum absolute atomic E-state index is 13.0. The van der Waals surface area contributed by atoms with Crippen LogP contribution in [-0.2, 0) is 11.0 Å². The van der Waals surface area contributed by atoms with Crippen LogP contribution in [0.2, 0.25) is 5.02 Å². The summed E-state index contributed by atoms with van der Waals surface area (Å²) in [5.41, 5.74) is 8.14. The number of aliphatic hydroxyl groups is 1. The van der Waals surface area contributed by atoms with Crippen molar-refractivity contribution < 1.29 is 23.1 Å². The molecule has 4 N–H and O–H groups in total. The second-order valence-electron chi connectivity index (χ2n) is 7.62. The van der Waals surface area contributed by atoms with Crippen molar-refractivity contribution in [3.05, 3.63) is 70.1 Å². The van der Waals surface area contributed by atoms with E-state index in [1.165, 1.54) is 6.33 Å². The van der Waals surface area contributed by atoms with E-state index in [4.69, 9.17) is 17.3 Å². The molecule has 34 heavy (non-hydrogen) atoms. The van der Waals surface area contributed by atoms with Crippen LogP contribution in [0.1, 0.15) is 28.5 Å². The van der Waals surface area contributed by atoms with Gasteiger partial charge in [0.25, 0.3) is 5.91 Å². The van der Waals surface area contributed by atoms with E-state index in [0.717, 1.165) is 12.1 Å². The fraction of sp³-hybridized carbons (Fsp3) is 0.182. The summed E-state index contributed by atoms with van der Waals surface area (Å²) in [6, 6.07) is 7.37. The van der Waals surface area contributed by atoms with Crippen LogP contribution >= 0.6 is 11.6 Å². The summed E-state index contributed by atoms with van der Waals surface area (Å²) in [5, 5.41) is 17.1. The van der Waals surface area contributed by atoms with Gasteiger partial charge in [0.2, 0.25) is 0 Å². The lowest BCUT2D eigenvalue weighted by atomic mass is 10.0. The number of nitrogens with zero attached hydrogens (tertiary/aromatic N) is 4. The summed E-state index contributed by atoms with van der Waals surface area (Å²) in [7, 11) is 0. The van der Waals surface area contributed by atoms with Gasteiger partial charge in [-0.25, -0.2) is 14.6 Å². The van der Waals surface area contributed by atoms with Crippen LogP contribution in [0, 0.1) is 13.8 Å². The lowest BCUT2D eigenvalue weighted by molar-refractivity contribution is -0.138. The molecule has 4 rings (SSSR count). The number of anilines is 2. The summed E-state index contributed by atoms with van der Waals surface area (Å²) in [6.07, 6.45) is -5.19. The Kier molecular flexibility index (Phi) is 5.92. The average molecular weight is 491 g/mol. The summed E-state index contributed by atoms with van der Waals surface area (Å²) < 4.78 is 40.7. The summed E-state index contributed by atoms with van der Waals surface area (Å²) in [5.74, 6) is -0.661. The van der Waals surface area contributed by atoms with Crippen molar-refractivity contribution in [1.82, 2.24) is 19.7 Å². The maximum Gasteiger partial charge on any atom is 0.416 e. The molecule has 0 saturated heterocycles. The molecule has 0 radical (unpaired) electrons. The third-order valence-corrected chi connectivity index (χ3v) is 5.38. The van der Waals surface area contributed by atoms with Crippen molar-refractivity contribution in [3.63, 3.8) is 0 Å². The molecule has 0 fully saturated rings. The molecule has 0 spiro atoms. The molecule has 0 aliphatic heterocycles. The predicted octanol–water partition coefficient (Wildman–Crippen LogP) is 4.36. The van der Waals surface area contributed by atoms with E-state index in [2.05, 4.69) is 20.4 Å². The Bertz CT molecular complexity index is 1420. The van der Waals surface area contributed by atoms with Gasteiger partial charge in [-0.05, 0) is 61.4 Å². The number of amides is 1. The number of aliphatic hydroxyl groups excluding tert-OH is 1. The summed E-state index contributed by atoms with van der Waals surface area (Å²) in [4.78, 5) is 20.8. The van der Waals surface area contributed by atoms with Gasteiger partial charge in [0.05, 0.1) is 16.9 Å². The van der Waals surface area contributed by atoms with Gasteiger partial charge in [0.15, 0.2) is 11.9 Å². The van der Waals surface area contributed by atoms with Crippen LogP contribution in [0.5, 0.6) is 0 Å². The van der Waals surface area contributed by atoms with Crippen LogP contribution in [0.15, 0.2) is 42.7 Å². The molecule has 2 aromatic carbocycles. The van der Waals surface area contributed by atoms with Gasteiger partial charge in [-0.2, -0.15) is 18.3 Å². The molecule has 176 valence electrons. The number of hydrogen-bond acceptors (Lipinski definition) is 6. The third-order valence-electron chi connectivity index (χ3n) is 5.16. The largest absolute Gasteiger partial charge is 0.416 e. The van der Waals surface area contributed by atoms with Gasteiger partial charge >= 0.3 is 6.18 Å². The molecule has 0 saturated carbocycles. The minimum atomic E-state index is -4.67. The number of hydrogen-bond donors (Lipinski definition) is 3. The fourth-order valence-electron chi connectivity index (χ4n) is 3.55. The number of nitrogens with one attached hydrogen (secondary N) is 1. The number of fused-ring (bicyclic) bond motifs is 1. The van der Waals surface area contributed by atoms with Gasteiger partial charge in [0.1, 0.15) is 17.4 Å². The van der Waals surface area contributed by atoms with Crippen LogP contribution < -0.4 is 11.1 Å². The molecule has 8 nitrogen and oxygen atoms in total. The number of aromatic nitrogens is 4. The molecule has 0 aliphatic carbocycles. The normalized spacial score (nSPS) is 12.7. The van der Waals surface area contributed by atoms with Crippen molar-refractivity contribution in [2.75, 3.05) is 11.1 Å². The first-order valence-corrected chi connectivity index (χ1v) is 10.3. The SMILES string of the molecule is Cc1cc(NC(=O)[C@H](O)c2cc(Cl)cc(C(F)(F)F)c2)ccc1-n1nc(C)c2ncnc(N)c21. The molecular formula is C22H18ClF3N6O2. The molecule has 2 aromatic heterocycles. The van der Waals surface area contributed by atoms with E-state index in [0.29, 0.717) is 39.7 Å². The van der Waals surface area contributed by atoms with Crippen LogP contribution in [0.4, 0.5) is 24.7 Å². The van der Waals surface area contributed by atoms with Crippen molar-refractivity contribution in [2.24, 2.45) is 0 Å².